The van der Waals surface area contributed by atoms with E-state index in [1.807, 2.05) is 12.1 Å². The lowest BCUT2D eigenvalue weighted by Gasteiger charge is -2.05. The molecule has 3 rings (SSSR count). The number of nitrogens with zero attached hydrogens (tertiary/aromatic N) is 1. The second-order valence-corrected chi connectivity index (χ2v) is 6.59. The second kappa shape index (κ2) is 6.15. The van der Waals surface area contributed by atoms with Crippen LogP contribution in [-0.2, 0) is 22.3 Å². The first-order valence-corrected chi connectivity index (χ1v) is 8.43. The van der Waals surface area contributed by atoms with E-state index >= 15 is 0 Å². The molecule has 1 aromatic heterocycles. The Morgan fingerprint density at radius 3 is 2.86 bits per heavy atom. The summed E-state index contributed by atoms with van der Waals surface area (Å²) in [6.07, 6.45) is 4.32. The highest BCUT2D eigenvalue weighted by molar-refractivity contribution is 9.10. The predicted molar refractivity (Wildman–Crippen MR) is 82.7 cm³/mol. The number of benzene rings is 1. The van der Waals surface area contributed by atoms with Gasteiger partial charge in [0, 0.05) is 26.6 Å². The molecule has 108 valence electrons. The van der Waals surface area contributed by atoms with Crippen molar-refractivity contribution in [3.05, 3.63) is 51.3 Å². The van der Waals surface area contributed by atoms with Crippen LogP contribution in [0.25, 0.3) is 0 Å². The van der Waals surface area contributed by atoms with E-state index in [1.165, 1.54) is 6.20 Å². The Morgan fingerprint density at radius 2 is 2.19 bits per heavy atom. The molecule has 21 heavy (non-hydrogen) atoms. The molecule has 4 nitrogen and oxygen atoms in total. The largest absolute Gasteiger partial charge is 0.459 e. The van der Waals surface area contributed by atoms with Crippen molar-refractivity contribution in [3.8, 4) is 0 Å². The molecule has 0 atom stereocenters. The van der Waals surface area contributed by atoms with Crippen LogP contribution >= 0.6 is 15.9 Å². The minimum atomic E-state index is -0.0743. The lowest BCUT2D eigenvalue weighted by atomic mass is 10.0. The molecule has 2 aromatic rings. The van der Waals surface area contributed by atoms with Crippen LogP contribution < -0.4 is 0 Å². The summed E-state index contributed by atoms with van der Waals surface area (Å²) in [7, 11) is 0. The zero-order valence-corrected chi connectivity index (χ0v) is 13.6. The van der Waals surface area contributed by atoms with Crippen molar-refractivity contribution in [2.24, 2.45) is 0 Å². The summed E-state index contributed by atoms with van der Waals surface area (Å²) in [5, 5.41) is 3.77. The molecule has 1 fully saturated rings. The molecule has 1 heterocycles. The van der Waals surface area contributed by atoms with E-state index in [1.54, 1.807) is 6.07 Å². The van der Waals surface area contributed by atoms with Crippen molar-refractivity contribution < 1.29 is 13.5 Å². The number of hydrogen-bond acceptors (Lipinski definition) is 4. The van der Waals surface area contributed by atoms with E-state index in [9.17, 15) is 9.00 Å². The summed E-state index contributed by atoms with van der Waals surface area (Å²) in [5.74, 6) is 1.50. The van der Waals surface area contributed by atoms with Gasteiger partial charge in [0.05, 0.1) is 11.8 Å². The molecule has 1 saturated carbocycles. The van der Waals surface area contributed by atoms with Gasteiger partial charge < -0.3 is 4.52 Å². The van der Waals surface area contributed by atoms with Crippen molar-refractivity contribution in [2.75, 3.05) is 5.75 Å². The molecule has 0 N–H and O–H groups in total. The Bertz CT molecular complexity index is 694. The normalized spacial score (nSPS) is 14.1. The topological polar surface area (TPSA) is 60.2 Å². The molecule has 0 bridgehead atoms. The number of aryl methyl sites for hydroxylation is 1. The third-order valence-electron chi connectivity index (χ3n) is 3.54. The van der Waals surface area contributed by atoms with Crippen molar-refractivity contribution in [3.63, 3.8) is 0 Å². The Hall–Kier alpha value is -1.40. The van der Waals surface area contributed by atoms with Gasteiger partial charge in [-0.1, -0.05) is 27.2 Å². The minimum Gasteiger partial charge on any atom is -0.360 e. The van der Waals surface area contributed by atoms with Gasteiger partial charge in [0.1, 0.15) is 0 Å². The molecule has 6 heteroatoms. The van der Waals surface area contributed by atoms with E-state index < -0.39 is 0 Å². The number of carbonyl (C=O) groups is 1. The van der Waals surface area contributed by atoms with Gasteiger partial charge in [0.25, 0.3) is 0 Å². The Labute approximate surface area is 134 Å². The Kier molecular flexibility index (Phi) is 4.26. The number of hydrogen-bond donors (Lipinski definition) is 0. The summed E-state index contributed by atoms with van der Waals surface area (Å²) in [5.41, 5.74) is 2.19. The minimum absolute atomic E-state index is 0.0743. The van der Waals surface area contributed by atoms with Gasteiger partial charge in [-0.05, 0) is 30.5 Å². The fourth-order valence-electron chi connectivity index (χ4n) is 2.26. The van der Waals surface area contributed by atoms with Crippen molar-refractivity contribution in [1.29, 1.82) is 0 Å². The van der Waals surface area contributed by atoms with Crippen LogP contribution in [0.5, 0.6) is 0 Å². The van der Waals surface area contributed by atoms with Gasteiger partial charge >= 0.3 is 11.7 Å². The third kappa shape index (κ3) is 3.11. The van der Waals surface area contributed by atoms with Gasteiger partial charge in [-0.15, -0.1) is 0 Å². The maximum Gasteiger partial charge on any atom is 0.459 e. The van der Waals surface area contributed by atoms with Crippen LogP contribution in [0.2, 0.25) is 0 Å². The van der Waals surface area contributed by atoms with E-state index in [0.717, 1.165) is 22.9 Å². The molecular weight excluding hydrogens is 354 g/mol. The second-order valence-electron chi connectivity index (χ2n) is 5.09. The van der Waals surface area contributed by atoms with Gasteiger partial charge in [-0.25, -0.2) is 0 Å². The molecule has 0 saturated heterocycles. The quantitative estimate of drug-likeness (QED) is 0.579. The highest BCUT2D eigenvalue weighted by atomic mass is 79.9. The zero-order chi connectivity index (χ0) is 14.8. The Balaban J connectivity index is 1.87. The molecule has 1 aliphatic carbocycles. The lowest BCUT2D eigenvalue weighted by molar-refractivity contribution is 0.103. The number of halogens is 1. The number of aromatic nitrogens is 1. The Morgan fingerprint density at radius 1 is 1.38 bits per heavy atom. The van der Waals surface area contributed by atoms with Crippen LogP contribution in [-0.4, -0.2) is 16.7 Å². The fourth-order valence-corrected chi connectivity index (χ4v) is 3.19. The zero-order valence-electron chi connectivity index (χ0n) is 11.2. The predicted octanol–water partition coefficient (Wildman–Crippen LogP) is 3.52. The number of carbonyl (C=O) groups excluding carboxylic acids is 1. The number of ketones is 1. The van der Waals surface area contributed by atoms with Crippen LogP contribution in [0.1, 0.15) is 46.0 Å². The molecule has 0 amide bonds. The SMILES string of the molecule is O=[S+]CCc1ccc(C(=O)c2cnoc2C2CC2)c(Br)c1. The van der Waals surface area contributed by atoms with E-state index in [4.69, 9.17) is 4.52 Å². The van der Waals surface area contributed by atoms with Crippen molar-refractivity contribution in [1.82, 2.24) is 5.16 Å². The molecular formula is C15H13BrNO3S+. The highest BCUT2D eigenvalue weighted by Crippen LogP contribution is 2.42. The average molecular weight is 367 g/mol. The first-order chi connectivity index (χ1) is 10.2. The molecule has 0 unspecified atom stereocenters. The summed E-state index contributed by atoms with van der Waals surface area (Å²) < 4.78 is 16.4. The smallest absolute Gasteiger partial charge is 0.360 e. The summed E-state index contributed by atoms with van der Waals surface area (Å²) >= 11 is 4.02. The maximum atomic E-state index is 12.6. The van der Waals surface area contributed by atoms with Crippen LogP contribution in [0, 0.1) is 0 Å². The van der Waals surface area contributed by atoms with E-state index in [0.29, 0.717) is 46.6 Å². The van der Waals surface area contributed by atoms with Crippen LogP contribution in [0.15, 0.2) is 33.4 Å². The fraction of sp³-hybridized carbons (Fsp3) is 0.333. The first kappa shape index (κ1) is 14.5. The summed E-state index contributed by atoms with van der Waals surface area (Å²) in [4.78, 5) is 12.6. The summed E-state index contributed by atoms with van der Waals surface area (Å²) in [6, 6.07) is 5.58. The van der Waals surface area contributed by atoms with Gasteiger partial charge in [0.15, 0.2) is 11.5 Å². The highest BCUT2D eigenvalue weighted by Gasteiger charge is 2.33. The van der Waals surface area contributed by atoms with Crippen LogP contribution in [0.4, 0.5) is 0 Å². The van der Waals surface area contributed by atoms with E-state index in [2.05, 4.69) is 21.1 Å². The van der Waals surface area contributed by atoms with Gasteiger partial charge in [-0.3, -0.25) is 4.79 Å². The maximum absolute atomic E-state index is 12.6. The number of rotatable bonds is 6. The average Bonchev–Trinajstić information content (AvgIpc) is 3.21. The standard InChI is InChI=1S/C15H13BrNO3S/c16-13-7-9(5-6-21-19)1-4-11(13)14(18)12-8-17-20-15(12)10-2-3-10/h1,4,7-8,10H,2-3,5-6H2/q+1. The molecule has 1 aromatic carbocycles. The molecule has 0 spiro atoms. The van der Waals surface area contributed by atoms with Crippen molar-refractivity contribution >= 4 is 33.4 Å². The monoisotopic (exact) mass is 366 g/mol. The lowest BCUT2D eigenvalue weighted by Crippen LogP contribution is -2.04. The molecule has 0 aliphatic heterocycles. The molecule has 0 radical (unpaired) electrons. The van der Waals surface area contributed by atoms with Gasteiger partial charge in [0.2, 0.25) is 5.75 Å². The summed E-state index contributed by atoms with van der Waals surface area (Å²) in [6.45, 7) is 0. The van der Waals surface area contributed by atoms with Gasteiger partial charge in [-0.2, -0.15) is 0 Å². The molecule has 1 aliphatic rings. The van der Waals surface area contributed by atoms with Crippen LogP contribution in [0.3, 0.4) is 0 Å². The van der Waals surface area contributed by atoms with Crippen molar-refractivity contribution in [2.45, 2.75) is 25.2 Å². The third-order valence-corrected chi connectivity index (χ3v) is 4.57. The van der Waals surface area contributed by atoms with E-state index in [-0.39, 0.29) is 5.78 Å². The first-order valence-electron chi connectivity index (χ1n) is 6.73.